The Kier molecular flexibility index (Phi) is 12.7. The second-order valence-electron chi connectivity index (χ2n) is 12.0. The van der Waals surface area contributed by atoms with Crippen LogP contribution in [0, 0.1) is 0 Å². The molecule has 1 saturated heterocycles. The maximum Gasteiger partial charge on any atom is 0.411 e. The summed E-state index contributed by atoms with van der Waals surface area (Å²) in [5.74, 6) is -0.123. The molecule has 11 nitrogen and oxygen atoms in total. The highest BCUT2D eigenvalue weighted by Gasteiger charge is 2.23. The summed E-state index contributed by atoms with van der Waals surface area (Å²) in [6, 6.07) is 29.8. The molecule has 11 heteroatoms. The molecule has 1 heterocycles. The van der Waals surface area contributed by atoms with Crippen LogP contribution in [-0.2, 0) is 20.7 Å². The third kappa shape index (κ3) is 10.6. The number of benzene rings is 4. The molecule has 5 rings (SSSR count). The summed E-state index contributed by atoms with van der Waals surface area (Å²) < 4.78 is 5.73. The highest BCUT2D eigenvalue weighted by Crippen LogP contribution is 2.28. The van der Waals surface area contributed by atoms with Gasteiger partial charge in [0.05, 0.1) is 17.5 Å². The third-order valence-corrected chi connectivity index (χ3v) is 8.50. The highest BCUT2D eigenvalue weighted by molar-refractivity contribution is 5.92. The minimum atomic E-state index is -0.800. The van der Waals surface area contributed by atoms with E-state index in [-0.39, 0.29) is 23.4 Å². The molecular weight excluding hydrogens is 622 g/mol. The quantitative estimate of drug-likeness (QED) is 0.0551. The first-order valence-corrected chi connectivity index (χ1v) is 16.5. The van der Waals surface area contributed by atoms with Gasteiger partial charge in [-0.25, -0.2) is 4.79 Å². The minimum absolute atomic E-state index is 0.0565. The van der Waals surface area contributed by atoms with Crippen LogP contribution in [0.3, 0.4) is 0 Å². The van der Waals surface area contributed by atoms with Crippen molar-refractivity contribution in [1.82, 2.24) is 10.2 Å². The molecule has 0 aliphatic carbocycles. The lowest BCUT2D eigenvalue weighted by Crippen LogP contribution is -2.39. The van der Waals surface area contributed by atoms with Gasteiger partial charge in [-0.1, -0.05) is 66.7 Å². The average Bonchev–Trinajstić information content (AvgIpc) is 3.12. The van der Waals surface area contributed by atoms with E-state index in [2.05, 4.69) is 26.2 Å². The Morgan fingerprint density at radius 1 is 0.898 bits per heavy atom. The van der Waals surface area contributed by atoms with Crippen LogP contribution in [0.1, 0.15) is 36.5 Å². The lowest BCUT2D eigenvalue weighted by molar-refractivity contribution is -0.116. The number of nitrogens with one attached hydrogen (secondary N) is 4. The van der Waals surface area contributed by atoms with E-state index in [1.807, 2.05) is 78.9 Å². The molecule has 0 unspecified atom stereocenters. The van der Waals surface area contributed by atoms with E-state index >= 15 is 0 Å². The fourth-order valence-corrected chi connectivity index (χ4v) is 5.77. The van der Waals surface area contributed by atoms with Crippen molar-refractivity contribution < 1.29 is 29.3 Å². The Balaban J connectivity index is 0.959. The summed E-state index contributed by atoms with van der Waals surface area (Å²) in [4.78, 5) is 38.2. The number of hydrogen-bond donors (Lipinski definition) is 6. The molecule has 1 atom stereocenters. The van der Waals surface area contributed by atoms with Crippen molar-refractivity contribution in [2.24, 2.45) is 0 Å². The summed E-state index contributed by atoms with van der Waals surface area (Å²) in [5, 5.41) is 31.7. The number of carbonyl (C=O) groups is 3. The van der Waals surface area contributed by atoms with Gasteiger partial charge in [-0.2, -0.15) is 0 Å². The smallest absolute Gasteiger partial charge is 0.411 e. The molecule has 0 aromatic heterocycles. The van der Waals surface area contributed by atoms with E-state index in [4.69, 9.17) is 4.74 Å². The molecule has 0 bridgehead atoms. The van der Waals surface area contributed by atoms with Crippen LogP contribution < -0.4 is 21.3 Å². The van der Waals surface area contributed by atoms with Crippen molar-refractivity contribution in [1.29, 1.82) is 0 Å². The number of aliphatic hydroxyl groups is 1. The normalized spacial score (nSPS) is 14.1. The molecule has 0 spiro atoms. The van der Waals surface area contributed by atoms with Gasteiger partial charge >= 0.3 is 6.09 Å². The number of para-hydroxylation sites is 1. The van der Waals surface area contributed by atoms with Gasteiger partial charge in [-0.15, -0.1) is 0 Å². The van der Waals surface area contributed by atoms with Gasteiger partial charge < -0.3 is 35.8 Å². The molecule has 49 heavy (non-hydrogen) atoms. The number of hydrogen-bond acceptors (Lipinski definition) is 8. The summed E-state index contributed by atoms with van der Waals surface area (Å²) in [7, 11) is 0. The number of aliphatic hydroxyl groups excluding tert-OH is 1. The van der Waals surface area contributed by atoms with Gasteiger partial charge in [0.2, 0.25) is 12.3 Å². The van der Waals surface area contributed by atoms with E-state index in [0.717, 1.165) is 41.9 Å². The Labute approximate surface area is 286 Å². The van der Waals surface area contributed by atoms with Crippen molar-refractivity contribution in [3.8, 4) is 16.9 Å². The Morgan fingerprint density at radius 3 is 2.39 bits per heavy atom. The number of amides is 3. The zero-order chi connectivity index (χ0) is 34.4. The molecular formula is C38H43N5O6. The third-order valence-electron chi connectivity index (χ3n) is 8.50. The number of anilines is 3. The Bertz CT molecular complexity index is 1680. The Hall–Kier alpha value is -5.23. The second-order valence-corrected chi connectivity index (χ2v) is 12.0. The molecule has 1 aliphatic heterocycles. The fourth-order valence-electron chi connectivity index (χ4n) is 5.77. The van der Waals surface area contributed by atoms with Crippen LogP contribution >= 0.6 is 0 Å². The van der Waals surface area contributed by atoms with Gasteiger partial charge in [0, 0.05) is 43.9 Å². The number of likely N-dealkylation sites (tertiary alicyclic amines) is 1. The maximum absolute atomic E-state index is 12.7. The number of rotatable bonds is 15. The van der Waals surface area contributed by atoms with Crippen LogP contribution in [0.2, 0.25) is 0 Å². The lowest BCUT2D eigenvalue weighted by Gasteiger charge is -2.31. The van der Waals surface area contributed by atoms with Crippen molar-refractivity contribution in [3.05, 3.63) is 108 Å². The largest absolute Gasteiger partial charge is 0.506 e. The van der Waals surface area contributed by atoms with Gasteiger partial charge in [0.1, 0.15) is 11.9 Å². The zero-order valence-corrected chi connectivity index (χ0v) is 27.3. The standard InChI is InChI=1S/C38H43N5O6/c44-26-40-34-24-29(12-15-35(34)45)36(46)25-39-20-16-27-10-13-30(14-11-27)41-37(47)19-23-43-21-17-31(18-22-43)49-38(48)42-33-9-5-4-8-32(33)28-6-2-1-3-7-28/h1-15,24,26,31,36,39,45-46H,16-23,25H2,(H,40,44)(H,41,47)(H,42,48)/t36-/m0/s1. The Morgan fingerprint density at radius 2 is 1.63 bits per heavy atom. The predicted molar refractivity (Wildman–Crippen MR) is 190 cm³/mol. The number of aromatic hydroxyl groups is 1. The fraction of sp³-hybridized carbons (Fsp3) is 0.289. The van der Waals surface area contributed by atoms with Crippen molar-refractivity contribution in [2.45, 2.75) is 37.9 Å². The van der Waals surface area contributed by atoms with Crippen LogP contribution in [0.15, 0.2) is 97.1 Å². The summed E-state index contributed by atoms with van der Waals surface area (Å²) >= 11 is 0. The molecule has 1 aliphatic rings. The number of phenolic OH excluding ortho intramolecular Hbond substituents is 1. The van der Waals surface area contributed by atoms with Crippen LogP contribution in [0.5, 0.6) is 5.75 Å². The van der Waals surface area contributed by atoms with Gasteiger partial charge in [-0.3, -0.25) is 14.9 Å². The minimum Gasteiger partial charge on any atom is -0.506 e. The van der Waals surface area contributed by atoms with Gasteiger partial charge in [-0.05, 0) is 72.8 Å². The number of phenols is 1. The SMILES string of the molecule is O=CNc1cc([C@@H](O)CNCCc2ccc(NC(=O)CCN3CCC(OC(=O)Nc4ccccc4-c4ccccc4)CC3)cc2)ccc1O. The molecule has 4 aromatic carbocycles. The van der Waals surface area contributed by atoms with Crippen molar-refractivity contribution in [3.63, 3.8) is 0 Å². The summed E-state index contributed by atoms with van der Waals surface area (Å²) in [5.41, 5.74) is 5.30. The topological polar surface area (TPSA) is 152 Å². The number of ether oxygens (including phenoxy) is 1. The molecule has 0 saturated carbocycles. The van der Waals surface area contributed by atoms with Gasteiger partial charge in [0.15, 0.2) is 0 Å². The van der Waals surface area contributed by atoms with Crippen molar-refractivity contribution in [2.75, 3.05) is 48.7 Å². The zero-order valence-electron chi connectivity index (χ0n) is 27.3. The predicted octanol–water partition coefficient (Wildman–Crippen LogP) is 5.53. The summed E-state index contributed by atoms with van der Waals surface area (Å²) in [6.45, 7) is 3.07. The van der Waals surface area contributed by atoms with Crippen molar-refractivity contribution >= 4 is 35.5 Å². The number of nitrogens with zero attached hydrogens (tertiary/aromatic N) is 1. The van der Waals surface area contributed by atoms with E-state index in [9.17, 15) is 24.6 Å². The maximum atomic E-state index is 12.7. The van der Waals surface area contributed by atoms with E-state index in [1.54, 1.807) is 6.07 Å². The molecule has 4 aromatic rings. The molecule has 1 fully saturated rings. The van der Waals surface area contributed by atoms with E-state index < -0.39 is 12.2 Å². The molecule has 6 N–H and O–H groups in total. The molecule has 0 radical (unpaired) electrons. The van der Waals surface area contributed by atoms with Crippen LogP contribution in [-0.4, -0.2) is 72.4 Å². The van der Waals surface area contributed by atoms with E-state index in [0.29, 0.717) is 56.6 Å². The van der Waals surface area contributed by atoms with E-state index in [1.165, 1.54) is 12.1 Å². The average molecular weight is 666 g/mol. The van der Waals surface area contributed by atoms with Gasteiger partial charge in [0.25, 0.3) is 0 Å². The second kappa shape index (κ2) is 17.8. The summed E-state index contributed by atoms with van der Waals surface area (Å²) in [6.07, 6.45) is 1.55. The van der Waals surface area contributed by atoms with Crippen LogP contribution in [0.25, 0.3) is 11.1 Å². The number of carbonyl (C=O) groups excluding carboxylic acids is 3. The molecule has 3 amide bonds. The number of piperidine rings is 1. The first kappa shape index (κ1) is 35.1. The molecule has 256 valence electrons. The monoisotopic (exact) mass is 665 g/mol. The van der Waals surface area contributed by atoms with Crippen LogP contribution in [0.4, 0.5) is 21.9 Å². The first-order valence-electron chi connectivity index (χ1n) is 16.5. The highest BCUT2D eigenvalue weighted by atomic mass is 16.6. The lowest BCUT2D eigenvalue weighted by atomic mass is 10.0. The first-order chi connectivity index (χ1) is 23.9.